The molecule has 0 bridgehead atoms. The number of nitrogens with zero attached hydrogens (tertiary/aromatic N) is 1. The van der Waals surface area contributed by atoms with Crippen molar-refractivity contribution in [1.29, 1.82) is 0 Å². The van der Waals surface area contributed by atoms with Crippen molar-refractivity contribution in [3.63, 3.8) is 0 Å². The number of likely N-dealkylation sites (tertiary alicyclic amines) is 1. The van der Waals surface area contributed by atoms with Crippen molar-refractivity contribution in [2.24, 2.45) is 0 Å². The summed E-state index contributed by atoms with van der Waals surface area (Å²) < 4.78 is 5.60. The zero-order valence-corrected chi connectivity index (χ0v) is 14.0. The molecule has 1 aliphatic rings. The van der Waals surface area contributed by atoms with E-state index < -0.39 is 0 Å². The standard InChI is InChI=1S/C17H27ClN2O/c1-3-10-21-17-8-7-14(11-16(17)18)12-19-13-15-6-5-9-20(15)4-2/h7-8,11,15,19H,3-6,9-10,12-13H2,1-2H3. The van der Waals surface area contributed by atoms with Crippen molar-refractivity contribution < 1.29 is 4.74 Å². The zero-order chi connectivity index (χ0) is 15.1. The first kappa shape index (κ1) is 16.6. The first-order valence-corrected chi connectivity index (χ1v) is 8.48. The lowest BCUT2D eigenvalue weighted by Gasteiger charge is -2.23. The maximum atomic E-state index is 6.26. The van der Waals surface area contributed by atoms with Crippen LogP contribution in [-0.2, 0) is 6.54 Å². The van der Waals surface area contributed by atoms with E-state index in [2.05, 4.69) is 30.1 Å². The minimum Gasteiger partial charge on any atom is -0.492 e. The normalized spacial score (nSPS) is 19.1. The van der Waals surface area contributed by atoms with E-state index in [0.717, 1.165) is 31.8 Å². The number of hydrogen-bond donors (Lipinski definition) is 1. The molecular formula is C17H27ClN2O. The Morgan fingerprint density at radius 2 is 2.24 bits per heavy atom. The zero-order valence-electron chi connectivity index (χ0n) is 13.2. The van der Waals surface area contributed by atoms with Crippen LogP contribution >= 0.6 is 11.6 Å². The number of ether oxygens (including phenoxy) is 1. The van der Waals surface area contributed by atoms with Gasteiger partial charge in [-0.1, -0.05) is 31.5 Å². The lowest BCUT2D eigenvalue weighted by molar-refractivity contribution is 0.260. The van der Waals surface area contributed by atoms with Gasteiger partial charge in [-0.05, 0) is 50.0 Å². The van der Waals surface area contributed by atoms with Crippen molar-refractivity contribution in [1.82, 2.24) is 10.2 Å². The fourth-order valence-electron chi connectivity index (χ4n) is 2.91. The maximum absolute atomic E-state index is 6.26. The van der Waals surface area contributed by atoms with Crippen LogP contribution in [0.2, 0.25) is 5.02 Å². The summed E-state index contributed by atoms with van der Waals surface area (Å²) in [6.45, 7) is 9.37. The average Bonchev–Trinajstić information content (AvgIpc) is 2.94. The van der Waals surface area contributed by atoms with Gasteiger partial charge in [-0.2, -0.15) is 0 Å². The fraction of sp³-hybridized carbons (Fsp3) is 0.647. The van der Waals surface area contributed by atoms with Crippen molar-refractivity contribution >= 4 is 11.6 Å². The second kappa shape index (κ2) is 8.62. The highest BCUT2D eigenvalue weighted by Gasteiger charge is 2.22. The topological polar surface area (TPSA) is 24.5 Å². The average molecular weight is 311 g/mol. The van der Waals surface area contributed by atoms with Gasteiger partial charge in [0.25, 0.3) is 0 Å². The molecule has 0 aromatic heterocycles. The smallest absolute Gasteiger partial charge is 0.137 e. The molecule has 1 aromatic rings. The summed E-state index contributed by atoms with van der Waals surface area (Å²) in [5, 5.41) is 4.26. The monoisotopic (exact) mass is 310 g/mol. The molecule has 0 saturated carbocycles. The first-order chi connectivity index (χ1) is 10.2. The molecule has 1 fully saturated rings. The van der Waals surface area contributed by atoms with E-state index in [0.29, 0.717) is 17.7 Å². The molecule has 21 heavy (non-hydrogen) atoms. The molecule has 0 spiro atoms. The Morgan fingerprint density at radius 3 is 2.95 bits per heavy atom. The predicted molar refractivity (Wildman–Crippen MR) is 89.2 cm³/mol. The molecule has 1 heterocycles. The van der Waals surface area contributed by atoms with E-state index in [9.17, 15) is 0 Å². The van der Waals surface area contributed by atoms with Crippen LogP contribution in [0.25, 0.3) is 0 Å². The van der Waals surface area contributed by atoms with Crippen LogP contribution < -0.4 is 10.1 Å². The molecule has 0 radical (unpaired) electrons. The second-order valence-corrected chi connectivity index (χ2v) is 6.08. The van der Waals surface area contributed by atoms with Gasteiger partial charge in [0.05, 0.1) is 11.6 Å². The van der Waals surface area contributed by atoms with Crippen LogP contribution in [0, 0.1) is 0 Å². The SMILES string of the molecule is CCCOc1ccc(CNCC2CCCN2CC)cc1Cl. The van der Waals surface area contributed by atoms with Gasteiger partial charge in [-0.3, -0.25) is 4.90 Å². The van der Waals surface area contributed by atoms with Crippen LogP contribution in [0.5, 0.6) is 5.75 Å². The van der Waals surface area contributed by atoms with Gasteiger partial charge in [0, 0.05) is 19.1 Å². The highest BCUT2D eigenvalue weighted by Crippen LogP contribution is 2.25. The van der Waals surface area contributed by atoms with E-state index in [1.165, 1.54) is 24.9 Å². The second-order valence-electron chi connectivity index (χ2n) is 5.67. The van der Waals surface area contributed by atoms with Crippen LogP contribution in [-0.4, -0.2) is 37.2 Å². The molecule has 4 heteroatoms. The van der Waals surface area contributed by atoms with Gasteiger partial charge in [0.15, 0.2) is 0 Å². The minimum atomic E-state index is 0.692. The summed E-state index contributed by atoms with van der Waals surface area (Å²) in [4.78, 5) is 2.56. The van der Waals surface area contributed by atoms with E-state index in [4.69, 9.17) is 16.3 Å². The summed E-state index contributed by atoms with van der Waals surface area (Å²) >= 11 is 6.26. The quantitative estimate of drug-likeness (QED) is 0.792. The highest BCUT2D eigenvalue weighted by atomic mass is 35.5. The van der Waals surface area contributed by atoms with Crippen molar-refractivity contribution in [2.75, 3.05) is 26.2 Å². The molecule has 118 valence electrons. The number of rotatable bonds is 8. The van der Waals surface area contributed by atoms with E-state index in [1.807, 2.05) is 12.1 Å². The summed E-state index contributed by atoms with van der Waals surface area (Å²) in [5.41, 5.74) is 1.21. The Morgan fingerprint density at radius 1 is 1.38 bits per heavy atom. The van der Waals surface area contributed by atoms with E-state index >= 15 is 0 Å². The van der Waals surface area contributed by atoms with E-state index in [1.54, 1.807) is 0 Å². The van der Waals surface area contributed by atoms with Gasteiger partial charge in [-0.25, -0.2) is 0 Å². The molecule has 1 aliphatic heterocycles. The summed E-state index contributed by atoms with van der Waals surface area (Å²) in [6, 6.07) is 6.77. The molecule has 3 nitrogen and oxygen atoms in total. The summed E-state index contributed by atoms with van der Waals surface area (Å²) in [5.74, 6) is 0.787. The Hall–Kier alpha value is -0.770. The number of benzene rings is 1. The van der Waals surface area contributed by atoms with Gasteiger partial charge in [0.2, 0.25) is 0 Å². The molecule has 1 saturated heterocycles. The Bertz CT molecular complexity index is 439. The fourth-order valence-corrected chi connectivity index (χ4v) is 3.17. The minimum absolute atomic E-state index is 0.692. The Kier molecular flexibility index (Phi) is 6.81. The third-order valence-electron chi connectivity index (χ3n) is 4.07. The predicted octanol–water partition coefficient (Wildman–Crippen LogP) is 3.70. The van der Waals surface area contributed by atoms with Crippen molar-refractivity contribution in [3.8, 4) is 5.75 Å². The molecule has 0 aliphatic carbocycles. The van der Waals surface area contributed by atoms with Crippen molar-refractivity contribution in [3.05, 3.63) is 28.8 Å². The van der Waals surface area contributed by atoms with Crippen molar-refractivity contribution in [2.45, 2.75) is 45.7 Å². The lowest BCUT2D eigenvalue weighted by atomic mass is 10.2. The van der Waals surface area contributed by atoms with Crippen LogP contribution in [0.15, 0.2) is 18.2 Å². The van der Waals surface area contributed by atoms with Gasteiger partial charge in [-0.15, -0.1) is 0 Å². The van der Waals surface area contributed by atoms with Gasteiger partial charge < -0.3 is 10.1 Å². The molecule has 1 atom stereocenters. The van der Waals surface area contributed by atoms with Crippen LogP contribution in [0.3, 0.4) is 0 Å². The molecule has 1 N–H and O–H groups in total. The molecular weight excluding hydrogens is 284 g/mol. The number of likely N-dealkylation sites (N-methyl/N-ethyl adjacent to an activating group) is 1. The third-order valence-corrected chi connectivity index (χ3v) is 4.37. The summed E-state index contributed by atoms with van der Waals surface area (Å²) in [6.07, 6.45) is 3.63. The molecule has 1 aromatic carbocycles. The largest absolute Gasteiger partial charge is 0.492 e. The molecule has 0 amide bonds. The lowest BCUT2D eigenvalue weighted by Crippen LogP contribution is -2.37. The molecule has 2 rings (SSSR count). The van der Waals surface area contributed by atoms with Crippen LogP contribution in [0.1, 0.15) is 38.7 Å². The van der Waals surface area contributed by atoms with Crippen LogP contribution in [0.4, 0.5) is 0 Å². The highest BCUT2D eigenvalue weighted by molar-refractivity contribution is 6.32. The first-order valence-electron chi connectivity index (χ1n) is 8.10. The number of hydrogen-bond acceptors (Lipinski definition) is 3. The number of halogens is 1. The summed E-state index contributed by atoms with van der Waals surface area (Å²) in [7, 11) is 0. The Balaban J connectivity index is 1.79. The van der Waals surface area contributed by atoms with Gasteiger partial charge >= 0.3 is 0 Å². The van der Waals surface area contributed by atoms with Gasteiger partial charge in [0.1, 0.15) is 5.75 Å². The maximum Gasteiger partial charge on any atom is 0.137 e. The Labute approximate surface area is 133 Å². The number of nitrogens with one attached hydrogen (secondary N) is 1. The third kappa shape index (κ3) is 4.87. The molecule has 1 unspecified atom stereocenters. The van der Waals surface area contributed by atoms with E-state index in [-0.39, 0.29) is 0 Å².